The van der Waals surface area contributed by atoms with Crippen molar-refractivity contribution in [2.24, 2.45) is 5.92 Å². The highest BCUT2D eigenvalue weighted by molar-refractivity contribution is 7.80. The van der Waals surface area contributed by atoms with E-state index in [-0.39, 0.29) is 11.9 Å². The van der Waals surface area contributed by atoms with Crippen molar-refractivity contribution >= 4 is 12.6 Å². The normalized spacial score (nSPS) is 32.8. The molecule has 0 aromatic carbocycles. The van der Waals surface area contributed by atoms with Crippen LogP contribution >= 0.6 is 12.6 Å². The summed E-state index contributed by atoms with van der Waals surface area (Å²) in [5.74, 6) is 0.836. The first-order chi connectivity index (χ1) is 6.64. The second-order valence-corrected chi connectivity index (χ2v) is 4.67. The summed E-state index contributed by atoms with van der Waals surface area (Å²) in [5, 5.41) is 0. The van der Waals surface area contributed by atoms with E-state index in [0.717, 1.165) is 18.6 Å². The van der Waals surface area contributed by atoms with Gasteiger partial charge in [-0.1, -0.05) is 27.2 Å². The van der Waals surface area contributed by atoms with E-state index >= 15 is 0 Å². The monoisotopic (exact) mass is 218 g/mol. The number of unbranched alkanes of at least 4 members (excludes halogenated alkanes) is 1. The minimum Gasteiger partial charge on any atom is -0.347 e. The lowest BCUT2D eigenvalue weighted by molar-refractivity contribution is -0.200. The molecule has 0 N–H and O–H groups in total. The van der Waals surface area contributed by atoms with Crippen molar-refractivity contribution in [3.8, 4) is 0 Å². The van der Waals surface area contributed by atoms with Crippen LogP contribution < -0.4 is 0 Å². The van der Waals surface area contributed by atoms with Crippen LogP contribution in [0.4, 0.5) is 0 Å². The Morgan fingerprint density at radius 3 is 2.64 bits per heavy atom. The minimum absolute atomic E-state index is 0.178. The number of thiol groups is 1. The van der Waals surface area contributed by atoms with E-state index in [1.807, 2.05) is 0 Å². The van der Waals surface area contributed by atoms with Gasteiger partial charge in [0.15, 0.2) is 5.79 Å². The van der Waals surface area contributed by atoms with Crippen LogP contribution in [0.25, 0.3) is 0 Å². The van der Waals surface area contributed by atoms with Gasteiger partial charge < -0.3 is 9.47 Å². The molecule has 1 heterocycles. The van der Waals surface area contributed by atoms with Gasteiger partial charge in [-0.2, -0.15) is 12.6 Å². The Kier molecular flexibility index (Phi) is 4.74. The highest BCUT2D eigenvalue weighted by atomic mass is 32.1. The van der Waals surface area contributed by atoms with Crippen molar-refractivity contribution < 1.29 is 9.47 Å². The van der Waals surface area contributed by atoms with E-state index in [2.05, 4.69) is 33.4 Å². The van der Waals surface area contributed by atoms with E-state index in [0.29, 0.717) is 12.5 Å². The van der Waals surface area contributed by atoms with Crippen molar-refractivity contribution in [1.29, 1.82) is 0 Å². The van der Waals surface area contributed by atoms with E-state index < -0.39 is 0 Å². The lowest BCUT2D eigenvalue weighted by Crippen LogP contribution is -2.37. The molecule has 0 aromatic heterocycles. The molecular weight excluding hydrogens is 196 g/mol. The van der Waals surface area contributed by atoms with Crippen LogP contribution in [0.2, 0.25) is 0 Å². The average Bonchev–Trinajstić information content (AvgIpc) is 2.59. The maximum atomic E-state index is 5.96. The molecule has 2 unspecified atom stereocenters. The zero-order chi connectivity index (χ0) is 10.6. The van der Waals surface area contributed by atoms with Crippen molar-refractivity contribution in [2.75, 3.05) is 12.4 Å². The largest absolute Gasteiger partial charge is 0.347 e. The van der Waals surface area contributed by atoms with Gasteiger partial charge in [-0.25, -0.2) is 0 Å². The van der Waals surface area contributed by atoms with Gasteiger partial charge in [0, 0.05) is 18.1 Å². The summed E-state index contributed by atoms with van der Waals surface area (Å²) < 4.78 is 11.8. The van der Waals surface area contributed by atoms with E-state index in [1.54, 1.807) is 0 Å². The molecule has 0 aromatic rings. The van der Waals surface area contributed by atoms with Gasteiger partial charge in [-0.3, -0.25) is 0 Å². The molecule has 1 aliphatic heterocycles. The summed E-state index contributed by atoms with van der Waals surface area (Å²) in [4.78, 5) is 0. The summed E-state index contributed by atoms with van der Waals surface area (Å²) in [6, 6.07) is 0. The Hall–Kier alpha value is 0.270. The fraction of sp³-hybridized carbons (Fsp3) is 1.00. The van der Waals surface area contributed by atoms with Gasteiger partial charge in [-0.05, 0) is 6.42 Å². The van der Waals surface area contributed by atoms with Gasteiger partial charge >= 0.3 is 0 Å². The molecule has 84 valence electrons. The topological polar surface area (TPSA) is 18.5 Å². The number of rotatable bonds is 5. The smallest absolute Gasteiger partial charge is 0.171 e. The molecular formula is C11H22O2S. The average molecular weight is 218 g/mol. The van der Waals surface area contributed by atoms with E-state index in [9.17, 15) is 0 Å². The molecule has 0 spiro atoms. The van der Waals surface area contributed by atoms with E-state index in [1.165, 1.54) is 6.42 Å². The molecule has 0 saturated carbocycles. The highest BCUT2D eigenvalue weighted by Crippen LogP contribution is 2.35. The van der Waals surface area contributed by atoms with E-state index in [4.69, 9.17) is 9.47 Å². The van der Waals surface area contributed by atoms with Gasteiger partial charge in [0.2, 0.25) is 0 Å². The summed E-state index contributed by atoms with van der Waals surface area (Å²) in [7, 11) is 0. The first-order valence-corrected chi connectivity index (χ1v) is 6.20. The number of ether oxygens (including phenoxy) is 2. The molecule has 1 rings (SSSR count). The molecule has 0 aliphatic carbocycles. The quantitative estimate of drug-likeness (QED) is 0.715. The van der Waals surface area contributed by atoms with Crippen molar-refractivity contribution in [3.63, 3.8) is 0 Å². The first kappa shape index (κ1) is 12.3. The third kappa shape index (κ3) is 2.65. The number of hydrogen-bond acceptors (Lipinski definition) is 3. The number of hydrogen-bond donors (Lipinski definition) is 1. The first-order valence-electron chi connectivity index (χ1n) is 5.57. The van der Waals surface area contributed by atoms with Crippen LogP contribution in [0.5, 0.6) is 0 Å². The Bertz CT molecular complexity index is 173. The molecule has 1 saturated heterocycles. The second-order valence-electron chi connectivity index (χ2n) is 4.30. The summed E-state index contributed by atoms with van der Waals surface area (Å²) >= 11 is 4.25. The maximum Gasteiger partial charge on any atom is 0.171 e. The van der Waals surface area contributed by atoms with Gasteiger partial charge in [0.05, 0.1) is 12.7 Å². The Labute approximate surface area is 92.8 Å². The Morgan fingerprint density at radius 1 is 1.50 bits per heavy atom. The Morgan fingerprint density at radius 2 is 2.21 bits per heavy atom. The van der Waals surface area contributed by atoms with Gasteiger partial charge in [0.25, 0.3) is 0 Å². The fourth-order valence-electron chi connectivity index (χ4n) is 1.82. The van der Waals surface area contributed by atoms with Crippen molar-refractivity contribution in [1.82, 2.24) is 0 Å². The van der Waals surface area contributed by atoms with Crippen LogP contribution in [0, 0.1) is 5.92 Å². The highest BCUT2D eigenvalue weighted by Gasteiger charge is 2.42. The SMILES string of the molecule is CCCCC1(C(C)C)OCC(CS)O1. The molecule has 3 heteroatoms. The predicted octanol–water partition coefficient (Wildman–Crippen LogP) is 2.87. The van der Waals surface area contributed by atoms with Crippen LogP contribution in [-0.4, -0.2) is 24.3 Å². The van der Waals surface area contributed by atoms with Gasteiger partial charge in [0.1, 0.15) is 0 Å². The summed E-state index contributed by atoms with van der Waals surface area (Å²) in [6.07, 6.45) is 3.54. The molecule has 14 heavy (non-hydrogen) atoms. The fourth-order valence-corrected chi connectivity index (χ4v) is 2.00. The van der Waals surface area contributed by atoms with Crippen LogP contribution in [-0.2, 0) is 9.47 Å². The zero-order valence-electron chi connectivity index (χ0n) is 9.45. The lowest BCUT2D eigenvalue weighted by Gasteiger charge is -2.32. The van der Waals surface area contributed by atoms with Crippen molar-refractivity contribution in [2.45, 2.75) is 51.9 Å². The molecule has 0 amide bonds. The predicted molar refractivity (Wildman–Crippen MR) is 61.8 cm³/mol. The minimum atomic E-state index is -0.330. The maximum absolute atomic E-state index is 5.96. The van der Waals surface area contributed by atoms with Gasteiger partial charge in [-0.15, -0.1) is 0 Å². The summed E-state index contributed by atoms with van der Waals surface area (Å²) in [5.41, 5.74) is 0. The summed E-state index contributed by atoms with van der Waals surface area (Å²) in [6.45, 7) is 7.22. The van der Waals surface area contributed by atoms with Crippen LogP contribution in [0.3, 0.4) is 0 Å². The second kappa shape index (κ2) is 5.38. The molecule has 2 nitrogen and oxygen atoms in total. The molecule has 2 atom stereocenters. The molecule has 1 fully saturated rings. The molecule has 1 aliphatic rings. The standard InChI is InChI=1S/C11H22O2S/c1-4-5-6-11(9(2)3)12-7-10(8-14)13-11/h9-10,14H,4-8H2,1-3H3. The third-order valence-corrected chi connectivity index (χ3v) is 3.25. The third-order valence-electron chi connectivity index (χ3n) is 2.84. The lowest BCUT2D eigenvalue weighted by atomic mass is 9.97. The van der Waals surface area contributed by atoms with Crippen molar-refractivity contribution in [3.05, 3.63) is 0 Å². The van der Waals surface area contributed by atoms with Crippen LogP contribution in [0.1, 0.15) is 40.0 Å². The van der Waals surface area contributed by atoms with Crippen LogP contribution in [0.15, 0.2) is 0 Å². The zero-order valence-corrected chi connectivity index (χ0v) is 10.3. The Balaban J connectivity index is 2.55. The molecule has 0 bridgehead atoms. The molecule has 0 radical (unpaired) electrons.